The molecule has 2 N–H and O–H groups in total. The van der Waals surface area contributed by atoms with E-state index in [-0.39, 0.29) is 4.75 Å². The quantitative estimate of drug-likeness (QED) is 0.501. The van der Waals surface area contributed by atoms with Gasteiger partial charge in [-0.2, -0.15) is 5.48 Å². The Kier molecular flexibility index (Phi) is 2.42. The molecule has 0 aromatic carbocycles. The molecular weight excluding hydrogens is 192 g/mol. The minimum Gasteiger partial charge on any atom is -0.339 e. The lowest BCUT2D eigenvalue weighted by Crippen LogP contribution is -2.60. The Labute approximate surface area is 82.5 Å². The number of thioether (sulfide) groups is 1. The van der Waals surface area contributed by atoms with E-state index in [1.54, 1.807) is 11.8 Å². The summed E-state index contributed by atoms with van der Waals surface area (Å²) >= 11 is 6.74. The number of hydrogen-bond donors (Lipinski definition) is 2. The van der Waals surface area contributed by atoms with Gasteiger partial charge in [-0.05, 0) is 20.8 Å². The highest BCUT2D eigenvalue weighted by atomic mass is 32.2. The molecule has 3 nitrogen and oxygen atoms in total. The Bertz CT molecular complexity index is 219. The predicted molar refractivity (Wildman–Crippen MR) is 55.4 cm³/mol. The zero-order chi connectivity index (χ0) is 9.57. The van der Waals surface area contributed by atoms with Gasteiger partial charge >= 0.3 is 0 Å². The molecule has 0 spiro atoms. The van der Waals surface area contributed by atoms with Crippen molar-refractivity contribution in [3.8, 4) is 0 Å². The molecular formula is C7H14N2OS2. The van der Waals surface area contributed by atoms with Gasteiger partial charge in [0.2, 0.25) is 0 Å². The fourth-order valence-corrected chi connectivity index (χ4v) is 3.13. The average molecular weight is 206 g/mol. The van der Waals surface area contributed by atoms with Gasteiger partial charge < -0.3 is 10.1 Å². The van der Waals surface area contributed by atoms with Crippen molar-refractivity contribution in [2.24, 2.45) is 0 Å². The Morgan fingerprint density at radius 1 is 1.50 bits per heavy atom. The van der Waals surface area contributed by atoms with Crippen molar-refractivity contribution >= 4 is 28.3 Å². The minimum absolute atomic E-state index is 0.117. The Morgan fingerprint density at radius 3 is 2.17 bits per heavy atom. The van der Waals surface area contributed by atoms with Gasteiger partial charge in [-0.15, -0.1) is 0 Å². The zero-order valence-corrected chi connectivity index (χ0v) is 9.34. The molecule has 0 radical (unpaired) electrons. The van der Waals surface area contributed by atoms with E-state index >= 15 is 0 Å². The maximum Gasteiger partial charge on any atom is 0.138 e. The van der Waals surface area contributed by atoms with Crippen LogP contribution in [0.4, 0.5) is 0 Å². The monoisotopic (exact) mass is 206 g/mol. The molecule has 1 saturated heterocycles. The molecule has 1 atom stereocenters. The van der Waals surface area contributed by atoms with Crippen molar-refractivity contribution in [3.63, 3.8) is 0 Å². The molecule has 0 unspecified atom stereocenters. The zero-order valence-electron chi connectivity index (χ0n) is 7.71. The molecule has 0 aromatic rings. The molecule has 0 amide bonds. The van der Waals surface area contributed by atoms with E-state index in [0.717, 1.165) is 4.32 Å². The van der Waals surface area contributed by atoms with Crippen LogP contribution in [0.5, 0.6) is 0 Å². The van der Waals surface area contributed by atoms with Gasteiger partial charge in [0.05, 0.1) is 4.75 Å². The summed E-state index contributed by atoms with van der Waals surface area (Å²) in [5, 5.41) is 9.08. The van der Waals surface area contributed by atoms with E-state index in [4.69, 9.17) is 17.4 Å². The molecule has 0 saturated carbocycles. The number of nitrogens with one attached hydrogen (secondary N) is 1. The van der Waals surface area contributed by atoms with Gasteiger partial charge in [-0.25, -0.2) is 0 Å². The summed E-state index contributed by atoms with van der Waals surface area (Å²) in [5.74, 6) is 0. The molecule has 0 aromatic heterocycles. The summed E-state index contributed by atoms with van der Waals surface area (Å²) in [6.45, 7) is 6.03. The molecule has 70 valence electrons. The molecule has 1 rings (SSSR count). The molecule has 1 fully saturated rings. The second-order valence-electron chi connectivity index (χ2n) is 3.62. The van der Waals surface area contributed by atoms with Crippen LogP contribution in [0, 0.1) is 0 Å². The van der Waals surface area contributed by atoms with E-state index in [1.807, 2.05) is 18.9 Å². The van der Waals surface area contributed by atoms with Gasteiger partial charge in [-0.3, -0.25) is 0 Å². The number of nitrogens with zero attached hydrogens (tertiary/aromatic N) is 1. The predicted octanol–water partition coefficient (Wildman–Crippen LogP) is 1.42. The summed E-state index contributed by atoms with van der Waals surface area (Å²) in [7, 11) is 1.88. The number of hydrogen-bond acceptors (Lipinski definition) is 4. The third-order valence-corrected chi connectivity index (χ3v) is 4.56. The third kappa shape index (κ3) is 1.16. The van der Waals surface area contributed by atoms with Crippen molar-refractivity contribution in [1.82, 2.24) is 10.4 Å². The van der Waals surface area contributed by atoms with Crippen LogP contribution in [-0.4, -0.2) is 31.9 Å². The first-order valence-electron chi connectivity index (χ1n) is 3.73. The van der Waals surface area contributed by atoms with E-state index < -0.39 is 5.66 Å². The standard InChI is InChI=1S/C7H14N2OS2/c1-6(2)7(3,8-10)9(4)5(11)12-6/h8,10H,1-4H3/t7-/m1/s1. The molecule has 0 aliphatic carbocycles. The molecule has 5 heteroatoms. The fraction of sp³-hybridized carbons (Fsp3) is 0.857. The second kappa shape index (κ2) is 2.83. The van der Waals surface area contributed by atoms with Crippen LogP contribution in [-0.2, 0) is 0 Å². The maximum atomic E-state index is 9.08. The third-order valence-electron chi connectivity index (χ3n) is 2.68. The lowest BCUT2D eigenvalue weighted by Gasteiger charge is -2.39. The second-order valence-corrected chi connectivity index (χ2v) is 5.88. The highest BCUT2D eigenvalue weighted by molar-refractivity contribution is 8.24. The Hall–Kier alpha value is 0.160. The van der Waals surface area contributed by atoms with Gasteiger partial charge in [0.1, 0.15) is 9.98 Å². The highest BCUT2D eigenvalue weighted by Crippen LogP contribution is 2.45. The summed E-state index contributed by atoms with van der Waals surface area (Å²) in [6, 6.07) is 0. The van der Waals surface area contributed by atoms with Gasteiger partial charge in [0.15, 0.2) is 0 Å². The Balaban J connectivity index is 3.04. The van der Waals surface area contributed by atoms with Crippen molar-refractivity contribution in [3.05, 3.63) is 0 Å². The van der Waals surface area contributed by atoms with Crippen LogP contribution < -0.4 is 5.48 Å². The van der Waals surface area contributed by atoms with E-state index in [9.17, 15) is 0 Å². The van der Waals surface area contributed by atoms with Crippen molar-refractivity contribution in [2.45, 2.75) is 31.2 Å². The summed E-state index contributed by atoms with van der Waals surface area (Å²) in [5.41, 5.74) is 1.85. The normalized spacial score (nSPS) is 34.4. The number of rotatable bonds is 1. The van der Waals surface area contributed by atoms with Crippen molar-refractivity contribution in [1.29, 1.82) is 0 Å². The molecule has 1 aliphatic heterocycles. The molecule has 1 aliphatic rings. The van der Waals surface area contributed by atoms with Crippen LogP contribution in [0.15, 0.2) is 0 Å². The van der Waals surface area contributed by atoms with E-state index in [2.05, 4.69) is 19.3 Å². The van der Waals surface area contributed by atoms with Crippen LogP contribution in [0.3, 0.4) is 0 Å². The summed E-state index contributed by atoms with van der Waals surface area (Å²) in [4.78, 5) is 1.88. The average Bonchev–Trinajstić information content (AvgIpc) is 2.12. The van der Waals surface area contributed by atoms with Crippen molar-refractivity contribution in [2.75, 3.05) is 7.05 Å². The van der Waals surface area contributed by atoms with E-state index in [1.165, 1.54) is 0 Å². The number of hydroxylamine groups is 1. The van der Waals surface area contributed by atoms with E-state index in [0.29, 0.717) is 0 Å². The first-order chi connectivity index (χ1) is 5.35. The topological polar surface area (TPSA) is 35.5 Å². The fourth-order valence-electron chi connectivity index (χ4n) is 1.18. The highest BCUT2D eigenvalue weighted by Gasteiger charge is 2.52. The molecule has 1 heterocycles. The smallest absolute Gasteiger partial charge is 0.138 e. The number of thiocarbonyl (C=S) groups is 1. The molecule has 12 heavy (non-hydrogen) atoms. The Morgan fingerprint density at radius 2 is 2.00 bits per heavy atom. The van der Waals surface area contributed by atoms with Gasteiger partial charge in [0.25, 0.3) is 0 Å². The van der Waals surface area contributed by atoms with Crippen LogP contribution in [0.2, 0.25) is 0 Å². The van der Waals surface area contributed by atoms with Gasteiger partial charge in [-0.1, -0.05) is 24.0 Å². The summed E-state index contributed by atoms with van der Waals surface area (Å²) < 4.78 is 0.692. The van der Waals surface area contributed by atoms with Crippen LogP contribution in [0.1, 0.15) is 20.8 Å². The lowest BCUT2D eigenvalue weighted by molar-refractivity contribution is -0.00580. The van der Waals surface area contributed by atoms with Crippen LogP contribution in [0.25, 0.3) is 0 Å². The molecule has 0 bridgehead atoms. The van der Waals surface area contributed by atoms with Crippen molar-refractivity contribution < 1.29 is 5.21 Å². The maximum absolute atomic E-state index is 9.08. The first kappa shape index (κ1) is 10.2. The van der Waals surface area contributed by atoms with Gasteiger partial charge in [0, 0.05) is 7.05 Å². The minimum atomic E-state index is -0.477. The summed E-state index contributed by atoms with van der Waals surface area (Å²) in [6.07, 6.45) is 0. The lowest BCUT2D eigenvalue weighted by atomic mass is 9.97. The SMILES string of the molecule is CN1C(=S)SC(C)(C)[C@]1(C)NO. The van der Waals surface area contributed by atoms with Crippen LogP contribution >= 0.6 is 24.0 Å². The first-order valence-corrected chi connectivity index (χ1v) is 4.96. The largest absolute Gasteiger partial charge is 0.339 e.